The van der Waals surface area contributed by atoms with Crippen LogP contribution in [0, 0.1) is 0 Å². The number of rotatable bonds is 1. The molecule has 3 heterocycles. The molecule has 0 saturated heterocycles. The van der Waals surface area contributed by atoms with E-state index in [0.717, 1.165) is 35.6 Å². The van der Waals surface area contributed by atoms with Crippen molar-refractivity contribution in [2.75, 3.05) is 18.9 Å². The highest BCUT2D eigenvalue weighted by Gasteiger charge is 2.34. The predicted octanol–water partition coefficient (Wildman–Crippen LogP) is 1.83. The van der Waals surface area contributed by atoms with E-state index >= 15 is 0 Å². The van der Waals surface area contributed by atoms with E-state index in [-0.39, 0.29) is 12.1 Å². The molecule has 2 aliphatic heterocycles. The second-order valence-corrected chi connectivity index (χ2v) is 7.43. The van der Waals surface area contributed by atoms with E-state index in [4.69, 9.17) is 11.6 Å². The number of nitrogens with one attached hydrogen (secondary N) is 3. The summed E-state index contributed by atoms with van der Waals surface area (Å²) in [6.45, 7) is 2.08. The molecule has 3 N–H and O–H groups in total. The van der Waals surface area contributed by atoms with Gasteiger partial charge < -0.3 is 15.5 Å². The number of carbonyl (C=O) groups excluding carboxylic acids is 1. The third-order valence-electron chi connectivity index (χ3n) is 4.35. The van der Waals surface area contributed by atoms with Crippen LogP contribution in [0.15, 0.2) is 24.3 Å². The number of hydrogen-bond acceptors (Lipinski definition) is 3. The van der Waals surface area contributed by atoms with Crippen LogP contribution in [0.1, 0.15) is 32.5 Å². The van der Waals surface area contributed by atoms with Crippen LogP contribution in [0.3, 0.4) is 0 Å². The molecule has 1 amide bonds. The number of likely N-dealkylation sites (N-methyl/N-ethyl adjacent to an activating group) is 1. The molecule has 1 aromatic carbocycles. The first kappa shape index (κ1) is 14.1. The van der Waals surface area contributed by atoms with Crippen LogP contribution < -0.4 is 15.5 Å². The van der Waals surface area contributed by atoms with Crippen LogP contribution in [0.4, 0.5) is 5.00 Å². The Hall–Kier alpha value is -1.56. The fourth-order valence-electron chi connectivity index (χ4n) is 3.20. The quantitative estimate of drug-likeness (QED) is 0.745. The van der Waals surface area contributed by atoms with Crippen molar-refractivity contribution < 1.29 is 9.69 Å². The van der Waals surface area contributed by atoms with E-state index in [1.165, 1.54) is 15.3 Å². The molecule has 4 nitrogen and oxygen atoms in total. The largest absolute Gasteiger partial charge is 0.353 e. The molecule has 114 valence electrons. The van der Waals surface area contributed by atoms with Crippen molar-refractivity contribution in [2.24, 2.45) is 0 Å². The summed E-state index contributed by atoms with van der Waals surface area (Å²) >= 11 is 7.98. The predicted molar refractivity (Wildman–Crippen MR) is 88.8 cm³/mol. The zero-order valence-electron chi connectivity index (χ0n) is 12.2. The number of fused-ring (bicyclic) bond motifs is 3. The van der Waals surface area contributed by atoms with E-state index in [9.17, 15) is 4.79 Å². The van der Waals surface area contributed by atoms with E-state index in [2.05, 4.69) is 17.7 Å². The van der Waals surface area contributed by atoms with Gasteiger partial charge in [0, 0.05) is 17.0 Å². The Morgan fingerprint density at radius 1 is 1.32 bits per heavy atom. The number of halogens is 1. The second kappa shape index (κ2) is 5.26. The molecule has 2 atom stereocenters. The van der Waals surface area contributed by atoms with Gasteiger partial charge in [-0.05, 0) is 11.6 Å². The molecule has 0 fully saturated rings. The first-order valence-electron chi connectivity index (χ1n) is 7.41. The number of hydrogen-bond donors (Lipinski definition) is 3. The summed E-state index contributed by atoms with van der Waals surface area (Å²) in [7, 11) is 2.20. The summed E-state index contributed by atoms with van der Waals surface area (Å²) < 4.78 is 0. The van der Waals surface area contributed by atoms with Crippen molar-refractivity contribution in [1.82, 2.24) is 5.32 Å². The van der Waals surface area contributed by atoms with Crippen LogP contribution in [-0.2, 0) is 13.0 Å². The highest BCUT2D eigenvalue weighted by Crippen LogP contribution is 2.39. The van der Waals surface area contributed by atoms with E-state index in [0.29, 0.717) is 5.02 Å². The van der Waals surface area contributed by atoms with Crippen LogP contribution in [0.2, 0.25) is 5.02 Å². The van der Waals surface area contributed by atoms with Gasteiger partial charge in [-0.1, -0.05) is 29.8 Å². The van der Waals surface area contributed by atoms with Gasteiger partial charge in [0.15, 0.2) is 0 Å². The molecule has 1 unspecified atom stereocenters. The molecule has 2 aromatic rings. The third kappa shape index (κ3) is 2.20. The van der Waals surface area contributed by atoms with Crippen molar-refractivity contribution in [3.05, 3.63) is 50.9 Å². The molecular formula is C16H17ClN3OS+. The van der Waals surface area contributed by atoms with Crippen molar-refractivity contribution in [1.29, 1.82) is 0 Å². The molecule has 4 rings (SSSR count). The molecular weight excluding hydrogens is 318 g/mol. The van der Waals surface area contributed by atoms with E-state index in [1.807, 2.05) is 24.3 Å². The molecule has 6 heteroatoms. The summed E-state index contributed by atoms with van der Waals surface area (Å²) in [6.07, 6.45) is 0.706. The van der Waals surface area contributed by atoms with Gasteiger partial charge in [0.25, 0.3) is 5.91 Å². The molecule has 2 aliphatic rings. The fraction of sp³-hybridized carbons (Fsp3) is 0.312. The topological polar surface area (TPSA) is 45.6 Å². The summed E-state index contributed by atoms with van der Waals surface area (Å²) in [5, 5.41) is 8.13. The van der Waals surface area contributed by atoms with E-state index in [1.54, 1.807) is 11.3 Å². The number of quaternary nitrogens is 1. The van der Waals surface area contributed by atoms with Gasteiger partial charge >= 0.3 is 0 Å². The van der Waals surface area contributed by atoms with Gasteiger partial charge in [-0.3, -0.25) is 4.79 Å². The summed E-state index contributed by atoms with van der Waals surface area (Å²) in [4.78, 5) is 15.4. The number of benzene rings is 1. The van der Waals surface area contributed by atoms with Gasteiger partial charge in [-0.25, -0.2) is 0 Å². The Bertz CT molecular complexity index is 758. The van der Waals surface area contributed by atoms with Gasteiger partial charge in [0.1, 0.15) is 17.7 Å². The van der Waals surface area contributed by atoms with Crippen molar-refractivity contribution in [2.45, 2.75) is 19.1 Å². The number of anilines is 1. The summed E-state index contributed by atoms with van der Waals surface area (Å²) in [5.74, 6) is 0.00993. The third-order valence-corrected chi connectivity index (χ3v) is 5.86. The molecule has 0 aliphatic carbocycles. The Morgan fingerprint density at radius 2 is 2.14 bits per heavy atom. The number of thiophene rings is 1. The van der Waals surface area contributed by atoms with E-state index < -0.39 is 0 Å². The lowest BCUT2D eigenvalue weighted by atomic mass is 10.0. The van der Waals surface area contributed by atoms with Crippen LogP contribution in [0.5, 0.6) is 0 Å². The minimum atomic E-state index is -0.265. The Balaban J connectivity index is 1.73. The Labute approximate surface area is 138 Å². The van der Waals surface area contributed by atoms with Crippen LogP contribution in [-0.4, -0.2) is 19.5 Å². The smallest absolute Gasteiger partial charge is 0.256 e. The Kier molecular flexibility index (Phi) is 3.36. The zero-order valence-corrected chi connectivity index (χ0v) is 13.8. The number of carbonyl (C=O) groups is 1. The highest BCUT2D eigenvalue weighted by molar-refractivity contribution is 7.16. The lowest BCUT2D eigenvalue weighted by Crippen LogP contribution is -3.08. The molecule has 0 bridgehead atoms. The molecule has 0 radical (unpaired) electrons. The van der Waals surface area contributed by atoms with Crippen molar-refractivity contribution >= 4 is 33.8 Å². The van der Waals surface area contributed by atoms with Crippen LogP contribution >= 0.6 is 22.9 Å². The standard InChI is InChI=1S/C16H16ClN3OS/c1-20-7-6-10-12(8-20)22-16-13(10)15(21)18-14(19-16)9-4-2-3-5-11(9)17/h2-5,14,19H,6-8H2,1H3,(H,18,21)/p+1/t14-/m0/s1. The van der Waals surface area contributed by atoms with Gasteiger partial charge in [0.2, 0.25) is 0 Å². The molecule has 0 spiro atoms. The minimum Gasteiger partial charge on any atom is -0.353 e. The molecule has 1 aromatic heterocycles. The zero-order chi connectivity index (χ0) is 15.3. The average molecular weight is 335 g/mol. The normalized spacial score (nSPS) is 23.3. The maximum absolute atomic E-state index is 12.6. The second-order valence-electron chi connectivity index (χ2n) is 5.91. The SMILES string of the molecule is C[NH+]1CCc2c(sc3c2C(=O)N[C@H](c2ccccc2Cl)N3)C1. The lowest BCUT2D eigenvalue weighted by molar-refractivity contribution is -0.895. The summed E-state index contributed by atoms with van der Waals surface area (Å²) in [5.41, 5.74) is 2.97. The summed E-state index contributed by atoms with van der Waals surface area (Å²) in [6, 6.07) is 7.61. The maximum atomic E-state index is 12.6. The average Bonchev–Trinajstić information content (AvgIpc) is 2.85. The van der Waals surface area contributed by atoms with Gasteiger partial charge in [0.05, 0.1) is 24.0 Å². The van der Waals surface area contributed by atoms with Crippen molar-refractivity contribution in [3.8, 4) is 0 Å². The lowest BCUT2D eigenvalue weighted by Gasteiger charge is -2.27. The Morgan fingerprint density at radius 3 is 2.95 bits per heavy atom. The monoisotopic (exact) mass is 334 g/mol. The van der Waals surface area contributed by atoms with Crippen LogP contribution in [0.25, 0.3) is 0 Å². The highest BCUT2D eigenvalue weighted by atomic mass is 35.5. The van der Waals surface area contributed by atoms with Gasteiger partial charge in [-0.15, -0.1) is 11.3 Å². The molecule has 0 saturated carbocycles. The fourth-order valence-corrected chi connectivity index (χ4v) is 4.83. The van der Waals surface area contributed by atoms with Gasteiger partial charge in [-0.2, -0.15) is 0 Å². The minimum absolute atomic E-state index is 0.00993. The van der Waals surface area contributed by atoms with Crippen molar-refractivity contribution in [3.63, 3.8) is 0 Å². The molecule has 22 heavy (non-hydrogen) atoms. The first-order valence-corrected chi connectivity index (χ1v) is 8.60. The maximum Gasteiger partial charge on any atom is 0.256 e. The number of amides is 1. The first-order chi connectivity index (χ1) is 10.6.